The van der Waals surface area contributed by atoms with E-state index in [1.54, 1.807) is 24.3 Å². The van der Waals surface area contributed by atoms with Crippen LogP contribution in [-0.4, -0.2) is 35.3 Å². The molecule has 4 rings (SSSR count). The molecule has 1 saturated heterocycles. The Balaban J connectivity index is 1.25. The fraction of sp³-hybridized carbons (Fsp3) is 0.348. The molecule has 1 unspecified atom stereocenters. The number of Topliss-reactive ketones (excluding diaryl/α,β-unsaturated/α-hetero) is 1. The zero-order chi connectivity index (χ0) is 19.5. The first-order chi connectivity index (χ1) is 13.6. The van der Waals surface area contributed by atoms with E-state index < -0.39 is 0 Å². The standard InChI is InChI=1S/C23H24F2N2O/c24-19-5-3-17(4-6-19)23(28)12-16-9-11-27(15-16)10-1-2-18-14-26-22-8-7-20(25)13-21(18)22/h3-8,13-14,16,26H,1-2,9-12,15H2. The van der Waals surface area contributed by atoms with Crippen molar-refractivity contribution in [3.8, 4) is 0 Å². The van der Waals surface area contributed by atoms with Crippen molar-refractivity contribution in [3.63, 3.8) is 0 Å². The summed E-state index contributed by atoms with van der Waals surface area (Å²) in [5.41, 5.74) is 2.71. The molecule has 28 heavy (non-hydrogen) atoms. The van der Waals surface area contributed by atoms with Crippen LogP contribution >= 0.6 is 0 Å². The lowest BCUT2D eigenvalue weighted by Gasteiger charge is -2.15. The summed E-state index contributed by atoms with van der Waals surface area (Å²) in [6, 6.07) is 10.6. The molecule has 0 bridgehead atoms. The number of H-pyrrole nitrogens is 1. The summed E-state index contributed by atoms with van der Waals surface area (Å²) in [6.45, 7) is 2.91. The molecule has 0 radical (unpaired) electrons. The van der Waals surface area contributed by atoms with E-state index in [1.165, 1.54) is 18.2 Å². The lowest BCUT2D eigenvalue weighted by atomic mass is 9.97. The number of hydrogen-bond acceptors (Lipinski definition) is 2. The van der Waals surface area contributed by atoms with Crippen LogP contribution in [0.2, 0.25) is 0 Å². The summed E-state index contributed by atoms with van der Waals surface area (Å²) >= 11 is 0. The van der Waals surface area contributed by atoms with E-state index in [9.17, 15) is 13.6 Å². The van der Waals surface area contributed by atoms with E-state index >= 15 is 0 Å². The number of hydrogen-bond donors (Lipinski definition) is 1. The Labute approximate surface area is 163 Å². The number of carbonyl (C=O) groups is 1. The predicted octanol–water partition coefficient (Wildman–Crippen LogP) is 4.97. The Hall–Kier alpha value is -2.53. The van der Waals surface area contributed by atoms with Crippen LogP contribution in [0, 0.1) is 17.6 Å². The Morgan fingerprint density at radius 3 is 2.71 bits per heavy atom. The van der Waals surface area contributed by atoms with Gasteiger partial charge in [0, 0.05) is 35.6 Å². The molecule has 0 aliphatic carbocycles. The third-order valence-electron chi connectivity index (χ3n) is 5.66. The maximum atomic E-state index is 13.5. The summed E-state index contributed by atoms with van der Waals surface area (Å²) in [5, 5.41) is 0.962. The molecular formula is C23H24F2N2O. The second-order valence-electron chi connectivity index (χ2n) is 7.70. The van der Waals surface area contributed by atoms with Crippen molar-refractivity contribution >= 4 is 16.7 Å². The van der Waals surface area contributed by atoms with Crippen LogP contribution in [0.15, 0.2) is 48.7 Å². The van der Waals surface area contributed by atoms with E-state index in [1.807, 2.05) is 6.20 Å². The van der Waals surface area contributed by atoms with E-state index in [0.29, 0.717) is 17.9 Å². The van der Waals surface area contributed by atoms with Gasteiger partial charge >= 0.3 is 0 Å². The van der Waals surface area contributed by atoms with E-state index in [2.05, 4.69) is 9.88 Å². The van der Waals surface area contributed by atoms with E-state index in [0.717, 1.165) is 55.4 Å². The number of rotatable bonds is 7. The molecule has 1 aromatic heterocycles. The van der Waals surface area contributed by atoms with Crippen LogP contribution in [0.5, 0.6) is 0 Å². The van der Waals surface area contributed by atoms with Gasteiger partial charge in [0.25, 0.3) is 0 Å². The van der Waals surface area contributed by atoms with Crippen molar-refractivity contribution in [3.05, 3.63) is 71.4 Å². The van der Waals surface area contributed by atoms with Gasteiger partial charge in [0.15, 0.2) is 5.78 Å². The van der Waals surface area contributed by atoms with E-state index in [4.69, 9.17) is 0 Å². The monoisotopic (exact) mass is 382 g/mol. The normalized spacial score (nSPS) is 17.4. The summed E-state index contributed by atoms with van der Waals surface area (Å²) in [4.78, 5) is 18.0. The fourth-order valence-corrected chi connectivity index (χ4v) is 4.15. The van der Waals surface area contributed by atoms with Gasteiger partial charge in [-0.25, -0.2) is 8.78 Å². The molecule has 2 aromatic carbocycles. The van der Waals surface area contributed by atoms with Gasteiger partial charge in [-0.1, -0.05) is 0 Å². The highest BCUT2D eigenvalue weighted by molar-refractivity contribution is 5.96. The average molecular weight is 382 g/mol. The van der Waals surface area contributed by atoms with Crippen molar-refractivity contribution in [1.82, 2.24) is 9.88 Å². The molecule has 3 aromatic rings. The van der Waals surface area contributed by atoms with Gasteiger partial charge < -0.3 is 9.88 Å². The number of benzene rings is 2. The maximum Gasteiger partial charge on any atom is 0.163 e. The molecular weight excluding hydrogens is 358 g/mol. The van der Waals surface area contributed by atoms with Crippen LogP contribution in [0.4, 0.5) is 8.78 Å². The van der Waals surface area contributed by atoms with Crippen LogP contribution in [0.3, 0.4) is 0 Å². The van der Waals surface area contributed by atoms with Crippen LogP contribution < -0.4 is 0 Å². The molecule has 2 heterocycles. The largest absolute Gasteiger partial charge is 0.361 e. The number of nitrogens with zero attached hydrogens (tertiary/aromatic N) is 1. The molecule has 0 amide bonds. The molecule has 5 heteroatoms. The van der Waals surface area contributed by atoms with E-state index in [-0.39, 0.29) is 17.4 Å². The molecule has 3 nitrogen and oxygen atoms in total. The highest BCUT2D eigenvalue weighted by Gasteiger charge is 2.24. The van der Waals surface area contributed by atoms with Crippen molar-refractivity contribution in [1.29, 1.82) is 0 Å². The first kappa shape index (κ1) is 18.8. The van der Waals surface area contributed by atoms with Gasteiger partial charge in [-0.15, -0.1) is 0 Å². The number of likely N-dealkylation sites (tertiary alicyclic amines) is 1. The van der Waals surface area contributed by atoms with Gasteiger partial charge in [0.05, 0.1) is 0 Å². The number of aromatic nitrogens is 1. The summed E-state index contributed by atoms with van der Waals surface area (Å²) in [6.07, 6.45) is 5.41. The van der Waals surface area contributed by atoms with Gasteiger partial charge in [0.2, 0.25) is 0 Å². The number of aryl methyl sites for hydroxylation is 1. The van der Waals surface area contributed by atoms with Crippen LogP contribution in [0.25, 0.3) is 10.9 Å². The Kier molecular flexibility index (Phi) is 5.53. The maximum absolute atomic E-state index is 13.5. The molecule has 0 spiro atoms. The second-order valence-corrected chi connectivity index (χ2v) is 7.70. The zero-order valence-electron chi connectivity index (χ0n) is 15.8. The minimum Gasteiger partial charge on any atom is -0.361 e. The average Bonchev–Trinajstić information content (AvgIpc) is 3.29. The Bertz CT molecular complexity index is 964. The van der Waals surface area contributed by atoms with Crippen molar-refractivity contribution < 1.29 is 13.6 Å². The van der Waals surface area contributed by atoms with Crippen LogP contribution in [0.1, 0.15) is 35.2 Å². The number of halogens is 2. The molecule has 146 valence electrons. The molecule has 1 aliphatic rings. The van der Waals surface area contributed by atoms with Gasteiger partial charge in [-0.2, -0.15) is 0 Å². The third-order valence-corrected chi connectivity index (χ3v) is 5.66. The van der Waals surface area contributed by atoms with Crippen molar-refractivity contribution in [2.45, 2.75) is 25.7 Å². The quantitative estimate of drug-likeness (QED) is 0.586. The smallest absolute Gasteiger partial charge is 0.163 e. The minimum atomic E-state index is -0.318. The fourth-order valence-electron chi connectivity index (χ4n) is 4.15. The van der Waals surface area contributed by atoms with Crippen molar-refractivity contribution in [2.24, 2.45) is 5.92 Å². The highest BCUT2D eigenvalue weighted by Crippen LogP contribution is 2.24. The molecule has 1 atom stereocenters. The summed E-state index contributed by atoms with van der Waals surface area (Å²) in [5.74, 6) is -0.0736. The number of aromatic amines is 1. The molecule has 0 saturated carbocycles. The molecule has 1 aliphatic heterocycles. The Morgan fingerprint density at radius 1 is 1.11 bits per heavy atom. The number of carbonyl (C=O) groups excluding carboxylic acids is 1. The van der Waals surface area contributed by atoms with Crippen LogP contribution in [-0.2, 0) is 6.42 Å². The molecule has 1 N–H and O–H groups in total. The topological polar surface area (TPSA) is 36.1 Å². The van der Waals surface area contributed by atoms with Gasteiger partial charge in [-0.3, -0.25) is 4.79 Å². The SMILES string of the molecule is O=C(CC1CCN(CCCc2c[nH]c3ccc(F)cc23)C1)c1ccc(F)cc1. The van der Waals surface area contributed by atoms with Crippen molar-refractivity contribution in [2.75, 3.05) is 19.6 Å². The first-order valence-corrected chi connectivity index (χ1v) is 9.85. The lowest BCUT2D eigenvalue weighted by molar-refractivity contribution is 0.0962. The highest BCUT2D eigenvalue weighted by atomic mass is 19.1. The predicted molar refractivity (Wildman–Crippen MR) is 106 cm³/mol. The third kappa shape index (κ3) is 4.30. The summed E-state index contributed by atoms with van der Waals surface area (Å²) < 4.78 is 26.5. The number of nitrogens with one attached hydrogen (secondary N) is 1. The van der Waals surface area contributed by atoms with Gasteiger partial charge in [-0.05, 0) is 86.3 Å². The first-order valence-electron chi connectivity index (χ1n) is 9.85. The lowest BCUT2D eigenvalue weighted by Crippen LogP contribution is -2.23. The second kappa shape index (κ2) is 8.23. The number of fused-ring (bicyclic) bond motifs is 1. The minimum absolute atomic E-state index is 0.0904. The molecule has 1 fully saturated rings. The zero-order valence-corrected chi connectivity index (χ0v) is 15.8. The number of ketones is 1. The summed E-state index contributed by atoms with van der Waals surface area (Å²) in [7, 11) is 0. The van der Waals surface area contributed by atoms with Gasteiger partial charge in [0.1, 0.15) is 11.6 Å². The Morgan fingerprint density at radius 2 is 1.89 bits per heavy atom.